The summed E-state index contributed by atoms with van der Waals surface area (Å²) in [6.45, 7) is 0.0353. The molecule has 0 unspecified atom stereocenters. The minimum Gasteiger partial charge on any atom is -0.349 e. The van der Waals surface area contributed by atoms with Crippen molar-refractivity contribution in [3.63, 3.8) is 0 Å². The molecule has 0 aliphatic carbocycles. The van der Waals surface area contributed by atoms with Crippen molar-refractivity contribution in [1.82, 2.24) is 14.6 Å². The zero-order chi connectivity index (χ0) is 20.7. The first-order valence-electron chi connectivity index (χ1n) is 8.91. The lowest BCUT2D eigenvalue weighted by atomic mass is 10.2. The number of amides is 1. The molecule has 0 atom stereocenters. The number of halogens is 1. The quantitative estimate of drug-likeness (QED) is 0.543. The van der Waals surface area contributed by atoms with Gasteiger partial charge in [-0.05, 0) is 42.0 Å². The van der Waals surface area contributed by atoms with Crippen LogP contribution < -0.4 is 5.32 Å². The molecule has 0 saturated heterocycles. The predicted molar refractivity (Wildman–Crippen MR) is 114 cm³/mol. The summed E-state index contributed by atoms with van der Waals surface area (Å²) in [4.78, 5) is 16.8. The molecule has 2 aromatic carbocycles. The first-order chi connectivity index (χ1) is 13.9. The van der Waals surface area contributed by atoms with Crippen LogP contribution in [0.1, 0.15) is 11.3 Å². The van der Waals surface area contributed by atoms with Gasteiger partial charge in [0.1, 0.15) is 0 Å². The molecule has 0 saturated carbocycles. The highest BCUT2D eigenvalue weighted by atomic mass is 79.9. The second-order valence-corrected chi connectivity index (χ2v) is 9.16. The van der Waals surface area contributed by atoms with Gasteiger partial charge in [-0.2, -0.15) is 4.31 Å². The van der Waals surface area contributed by atoms with Crippen LogP contribution >= 0.6 is 15.9 Å². The Hall–Kier alpha value is -2.55. The van der Waals surface area contributed by atoms with Crippen LogP contribution in [0.15, 0.2) is 88.4 Å². The van der Waals surface area contributed by atoms with Crippen LogP contribution in [0, 0.1) is 0 Å². The van der Waals surface area contributed by atoms with E-state index in [2.05, 4.69) is 26.2 Å². The van der Waals surface area contributed by atoms with Crippen molar-refractivity contribution in [2.24, 2.45) is 0 Å². The van der Waals surface area contributed by atoms with Crippen LogP contribution in [0.2, 0.25) is 0 Å². The maximum atomic E-state index is 13.2. The third-order valence-electron chi connectivity index (χ3n) is 4.17. The molecule has 0 bridgehead atoms. The number of hydrogen-bond donors (Lipinski definition) is 1. The Morgan fingerprint density at radius 1 is 0.966 bits per heavy atom. The number of rotatable bonds is 8. The highest BCUT2D eigenvalue weighted by Gasteiger charge is 2.26. The summed E-state index contributed by atoms with van der Waals surface area (Å²) in [5.41, 5.74) is 1.50. The number of sulfonamides is 1. The highest BCUT2D eigenvalue weighted by Crippen LogP contribution is 2.20. The van der Waals surface area contributed by atoms with Gasteiger partial charge in [-0.15, -0.1) is 0 Å². The first kappa shape index (κ1) is 21.2. The predicted octanol–water partition coefficient (Wildman–Crippen LogP) is 3.35. The average molecular weight is 474 g/mol. The molecular formula is C21H20BrN3O3S. The van der Waals surface area contributed by atoms with Crippen molar-refractivity contribution in [3.8, 4) is 0 Å². The molecule has 0 aliphatic rings. The number of hydrogen-bond acceptors (Lipinski definition) is 4. The van der Waals surface area contributed by atoms with Crippen LogP contribution in [0.5, 0.6) is 0 Å². The number of benzene rings is 2. The lowest BCUT2D eigenvalue weighted by Gasteiger charge is -2.22. The third-order valence-corrected chi connectivity index (χ3v) is 6.50. The number of carbonyl (C=O) groups is 1. The first-order valence-corrected chi connectivity index (χ1v) is 11.1. The van der Waals surface area contributed by atoms with Crippen LogP contribution in [0.3, 0.4) is 0 Å². The fraction of sp³-hybridized carbons (Fsp3) is 0.143. The van der Waals surface area contributed by atoms with Gasteiger partial charge in [0.15, 0.2) is 0 Å². The van der Waals surface area contributed by atoms with Gasteiger partial charge in [-0.1, -0.05) is 52.3 Å². The standard InChI is InChI=1S/C21H20BrN3O3S/c22-18-9-11-20(12-10-18)29(27,28)25(15-17-6-2-1-3-7-17)16-21(26)24-14-19-8-4-5-13-23-19/h1-13H,14-16H2,(H,24,26). The monoisotopic (exact) mass is 473 g/mol. The molecule has 0 aliphatic heterocycles. The van der Waals surface area contributed by atoms with Gasteiger partial charge in [0.25, 0.3) is 0 Å². The third kappa shape index (κ3) is 5.96. The zero-order valence-electron chi connectivity index (χ0n) is 15.5. The Labute approximate surface area is 178 Å². The van der Waals surface area contributed by atoms with Gasteiger partial charge >= 0.3 is 0 Å². The SMILES string of the molecule is O=C(CN(Cc1ccccc1)S(=O)(=O)c1ccc(Br)cc1)NCc1ccccn1. The van der Waals surface area contributed by atoms with E-state index in [1.165, 1.54) is 16.4 Å². The molecule has 1 heterocycles. The van der Waals surface area contributed by atoms with E-state index in [1.807, 2.05) is 36.4 Å². The molecule has 150 valence electrons. The normalized spacial score (nSPS) is 11.4. The molecule has 1 amide bonds. The number of nitrogens with zero attached hydrogens (tertiary/aromatic N) is 2. The number of aromatic nitrogens is 1. The molecule has 29 heavy (non-hydrogen) atoms. The largest absolute Gasteiger partial charge is 0.349 e. The van der Waals surface area contributed by atoms with Crippen molar-refractivity contribution in [1.29, 1.82) is 0 Å². The average Bonchev–Trinajstić information content (AvgIpc) is 2.73. The smallest absolute Gasteiger partial charge is 0.243 e. The Balaban J connectivity index is 1.78. The summed E-state index contributed by atoms with van der Waals surface area (Å²) in [5.74, 6) is -0.396. The minimum atomic E-state index is -3.86. The Bertz CT molecular complexity index is 1040. The second-order valence-electron chi connectivity index (χ2n) is 6.31. The summed E-state index contributed by atoms with van der Waals surface area (Å²) in [6.07, 6.45) is 1.64. The Morgan fingerprint density at radius 2 is 1.66 bits per heavy atom. The van der Waals surface area contributed by atoms with Crippen LogP contribution in [0.4, 0.5) is 0 Å². The maximum Gasteiger partial charge on any atom is 0.243 e. The molecule has 0 fully saturated rings. The van der Waals surface area contributed by atoms with Gasteiger partial charge in [0.05, 0.1) is 23.7 Å². The van der Waals surface area contributed by atoms with E-state index in [0.29, 0.717) is 5.69 Å². The fourth-order valence-electron chi connectivity index (χ4n) is 2.68. The zero-order valence-corrected chi connectivity index (χ0v) is 17.9. The summed E-state index contributed by atoms with van der Waals surface area (Å²) < 4.78 is 28.3. The summed E-state index contributed by atoms with van der Waals surface area (Å²) in [7, 11) is -3.86. The summed E-state index contributed by atoms with van der Waals surface area (Å²) >= 11 is 3.31. The van der Waals surface area contributed by atoms with Crippen molar-refractivity contribution in [3.05, 3.63) is 94.7 Å². The number of nitrogens with one attached hydrogen (secondary N) is 1. The molecule has 0 spiro atoms. The van der Waals surface area contributed by atoms with Crippen molar-refractivity contribution < 1.29 is 13.2 Å². The van der Waals surface area contributed by atoms with Crippen molar-refractivity contribution >= 4 is 31.9 Å². The molecule has 8 heteroatoms. The second kappa shape index (κ2) is 9.78. The minimum absolute atomic E-state index is 0.0935. The summed E-state index contributed by atoms with van der Waals surface area (Å²) in [6, 6.07) is 21.0. The van der Waals surface area contributed by atoms with Gasteiger partial charge in [0.2, 0.25) is 15.9 Å². The molecule has 3 rings (SSSR count). The number of pyridine rings is 1. The lowest BCUT2D eigenvalue weighted by Crippen LogP contribution is -2.40. The van der Waals surface area contributed by atoms with E-state index in [0.717, 1.165) is 10.0 Å². The van der Waals surface area contributed by atoms with E-state index >= 15 is 0 Å². The fourth-order valence-corrected chi connectivity index (χ4v) is 4.33. The van der Waals surface area contributed by atoms with Gasteiger partial charge in [-0.3, -0.25) is 9.78 Å². The van der Waals surface area contributed by atoms with Crippen molar-refractivity contribution in [2.75, 3.05) is 6.54 Å². The van der Waals surface area contributed by atoms with Crippen LogP contribution in [-0.4, -0.2) is 30.2 Å². The Kier molecular flexibility index (Phi) is 7.13. The van der Waals surface area contributed by atoms with E-state index < -0.39 is 15.9 Å². The van der Waals surface area contributed by atoms with Crippen LogP contribution in [0.25, 0.3) is 0 Å². The van der Waals surface area contributed by atoms with E-state index in [-0.39, 0.29) is 24.5 Å². The topological polar surface area (TPSA) is 79.4 Å². The van der Waals surface area contributed by atoms with Crippen molar-refractivity contribution in [2.45, 2.75) is 18.0 Å². The maximum absolute atomic E-state index is 13.2. The van der Waals surface area contributed by atoms with E-state index in [4.69, 9.17) is 0 Å². The molecule has 0 radical (unpaired) electrons. The van der Waals surface area contributed by atoms with Gasteiger partial charge in [0, 0.05) is 17.2 Å². The highest BCUT2D eigenvalue weighted by molar-refractivity contribution is 9.10. The molecular weight excluding hydrogens is 454 g/mol. The molecule has 1 aromatic heterocycles. The Morgan fingerprint density at radius 3 is 2.31 bits per heavy atom. The number of carbonyl (C=O) groups excluding carboxylic acids is 1. The van der Waals surface area contributed by atoms with E-state index in [9.17, 15) is 13.2 Å². The lowest BCUT2D eigenvalue weighted by molar-refractivity contribution is -0.121. The van der Waals surface area contributed by atoms with E-state index in [1.54, 1.807) is 30.5 Å². The molecule has 1 N–H and O–H groups in total. The summed E-state index contributed by atoms with van der Waals surface area (Å²) in [5, 5.41) is 2.73. The molecule has 6 nitrogen and oxygen atoms in total. The van der Waals surface area contributed by atoms with Gasteiger partial charge in [-0.25, -0.2) is 8.42 Å². The van der Waals surface area contributed by atoms with Gasteiger partial charge < -0.3 is 5.32 Å². The molecule has 3 aromatic rings. The van der Waals surface area contributed by atoms with Crippen LogP contribution in [-0.2, 0) is 27.9 Å².